The lowest BCUT2D eigenvalue weighted by atomic mass is 9.78. The minimum atomic E-state index is -0.102. The smallest absolute Gasteiger partial charge is 0.144 e. The highest BCUT2D eigenvalue weighted by atomic mass is 35.5. The van der Waals surface area contributed by atoms with E-state index in [2.05, 4.69) is 98.8 Å². The quantitative estimate of drug-likeness (QED) is 0.246. The van der Waals surface area contributed by atoms with Crippen molar-refractivity contribution in [1.29, 1.82) is 0 Å². The second-order valence-electron chi connectivity index (χ2n) is 9.50. The Labute approximate surface area is 197 Å². The van der Waals surface area contributed by atoms with E-state index in [9.17, 15) is 0 Å². The van der Waals surface area contributed by atoms with Crippen molar-refractivity contribution < 1.29 is 4.42 Å². The lowest BCUT2D eigenvalue weighted by molar-refractivity contribution is 0.659. The fourth-order valence-electron chi connectivity index (χ4n) is 5.81. The van der Waals surface area contributed by atoms with Gasteiger partial charge in [-0.1, -0.05) is 92.2 Å². The third-order valence-electron chi connectivity index (χ3n) is 7.31. The zero-order chi connectivity index (χ0) is 22.3. The Morgan fingerprint density at radius 3 is 2.15 bits per heavy atom. The van der Waals surface area contributed by atoms with Gasteiger partial charge in [-0.25, -0.2) is 0 Å². The van der Waals surface area contributed by atoms with Gasteiger partial charge in [-0.05, 0) is 62.9 Å². The van der Waals surface area contributed by atoms with Gasteiger partial charge in [0.25, 0.3) is 0 Å². The van der Waals surface area contributed by atoms with Gasteiger partial charge in [-0.3, -0.25) is 0 Å². The summed E-state index contributed by atoms with van der Waals surface area (Å²) in [7, 11) is 0. The predicted octanol–water partition coefficient (Wildman–Crippen LogP) is 9.37. The van der Waals surface area contributed by atoms with Crippen LogP contribution >= 0.6 is 11.6 Å². The number of hydrogen-bond donors (Lipinski definition) is 0. The second kappa shape index (κ2) is 6.50. The Bertz CT molecular complexity index is 1750. The van der Waals surface area contributed by atoms with Crippen LogP contribution in [-0.2, 0) is 5.41 Å². The highest BCUT2D eigenvalue weighted by Crippen LogP contribution is 2.53. The predicted molar refractivity (Wildman–Crippen MR) is 139 cm³/mol. The van der Waals surface area contributed by atoms with E-state index in [0.29, 0.717) is 0 Å². The number of hydrogen-bond acceptors (Lipinski definition) is 1. The second-order valence-corrected chi connectivity index (χ2v) is 9.90. The minimum absolute atomic E-state index is 0.102. The van der Waals surface area contributed by atoms with Gasteiger partial charge in [0.2, 0.25) is 0 Å². The Kier molecular flexibility index (Phi) is 3.73. The van der Waals surface area contributed by atoms with Gasteiger partial charge in [-0.2, -0.15) is 0 Å². The summed E-state index contributed by atoms with van der Waals surface area (Å²) in [5.74, 6) is 0. The topological polar surface area (TPSA) is 13.1 Å². The highest BCUT2D eigenvalue weighted by molar-refractivity contribution is 6.38. The van der Waals surface area contributed by atoms with E-state index in [1.807, 2.05) is 6.07 Å². The van der Waals surface area contributed by atoms with Crippen molar-refractivity contribution in [2.24, 2.45) is 0 Å². The molecule has 158 valence electrons. The van der Waals surface area contributed by atoms with Gasteiger partial charge in [0.15, 0.2) is 0 Å². The van der Waals surface area contributed by atoms with E-state index in [4.69, 9.17) is 16.0 Å². The van der Waals surface area contributed by atoms with Crippen LogP contribution in [0.15, 0.2) is 95.4 Å². The minimum Gasteiger partial charge on any atom is -0.455 e. The fraction of sp³-hybridized carbons (Fsp3) is 0.0968. The summed E-state index contributed by atoms with van der Waals surface area (Å²) in [4.78, 5) is 0. The molecule has 33 heavy (non-hydrogen) atoms. The molecular formula is C31H21ClO. The molecule has 1 aliphatic carbocycles. The molecule has 0 bridgehead atoms. The molecule has 1 nitrogen and oxygen atoms in total. The Hall–Kier alpha value is -3.55. The molecule has 1 heterocycles. The molecule has 0 atom stereocenters. The van der Waals surface area contributed by atoms with E-state index in [1.54, 1.807) is 0 Å². The summed E-state index contributed by atoms with van der Waals surface area (Å²) in [6.07, 6.45) is 0. The van der Waals surface area contributed by atoms with Gasteiger partial charge in [0, 0.05) is 21.8 Å². The average Bonchev–Trinajstić information content (AvgIpc) is 3.31. The van der Waals surface area contributed by atoms with E-state index in [0.717, 1.165) is 32.5 Å². The van der Waals surface area contributed by atoms with Gasteiger partial charge in [-0.15, -0.1) is 0 Å². The van der Waals surface area contributed by atoms with E-state index >= 15 is 0 Å². The molecule has 0 saturated heterocycles. The van der Waals surface area contributed by atoms with Crippen LogP contribution < -0.4 is 0 Å². The van der Waals surface area contributed by atoms with Crippen molar-refractivity contribution in [3.63, 3.8) is 0 Å². The van der Waals surface area contributed by atoms with Crippen LogP contribution in [0.3, 0.4) is 0 Å². The van der Waals surface area contributed by atoms with E-state index in [1.165, 1.54) is 38.6 Å². The maximum Gasteiger partial charge on any atom is 0.144 e. The molecule has 5 aromatic carbocycles. The number of furan rings is 1. The fourth-order valence-corrected chi connectivity index (χ4v) is 6.06. The van der Waals surface area contributed by atoms with Crippen molar-refractivity contribution in [3.05, 3.63) is 107 Å². The maximum absolute atomic E-state index is 6.77. The van der Waals surface area contributed by atoms with Crippen LogP contribution in [0, 0.1) is 0 Å². The summed E-state index contributed by atoms with van der Waals surface area (Å²) in [5, 5.41) is 5.12. The van der Waals surface area contributed by atoms with Crippen LogP contribution in [-0.4, -0.2) is 0 Å². The molecule has 1 aromatic heterocycles. The van der Waals surface area contributed by atoms with Crippen molar-refractivity contribution in [1.82, 2.24) is 0 Å². The molecule has 0 spiro atoms. The van der Waals surface area contributed by atoms with Crippen molar-refractivity contribution in [3.8, 4) is 22.3 Å². The van der Waals surface area contributed by atoms with E-state index in [-0.39, 0.29) is 5.41 Å². The SMILES string of the molecule is CC1(C)c2ccccc2-c2cccc(-c3ccc(Cl)c4c3oc3cc5ccccc5cc34)c21. The first-order valence-electron chi connectivity index (χ1n) is 11.3. The molecule has 0 fully saturated rings. The molecule has 0 saturated carbocycles. The van der Waals surface area contributed by atoms with Crippen LogP contribution in [0.2, 0.25) is 5.02 Å². The normalized spacial score (nSPS) is 14.2. The zero-order valence-electron chi connectivity index (χ0n) is 18.4. The van der Waals surface area contributed by atoms with Gasteiger partial charge in [0.1, 0.15) is 11.2 Å². The zero-order valence-corrected chi connectivity index (χ0v) is 19.2. The first-order chi connectivity index (χ1) is 16.0. The van der Waals surface area contributed by atoms with E-state index < -0.39 is 0 Å². The molecule has 0 unspecified atom stereocenters. The largest absolute Gasteiger partial charge is 0.455 e. The highest BCUT2D eigenvalue weighted by Gasteiger charge is 2.37. The summed E-state index contributed by atoms with van der Waals surface area (Å²) in [6.45, 7) is 4.64. The molecule has 0 amide bonds. The van der Waals surface area contributed by atoms with Crippen molar-refractivity contribution >= 4 is 44.3 Å². The standard InChI is InChI=1S/C31H21ClO/c1-31(2)25-13-6-5-10-20(25)21-11-7-12-22(29(21)31)23-14-15-26(32)28-24-16-18-8-3-4-9-19(18)17-27(24)33-30(23)28/h3-17H,1-2H3. The molecule has 0 aliphatic heterocycles. The number of rotatable bonds is 1. The number of halogens is 1. The average molecular weight is 445 g/mol. The van der Waals surface area contributed by atoms with Crippen LogP contribution in [0.1, 0.15) is 25.0 Å². The lowest BCUT2D eigenvalue weighted by Gasteiger charge is -2.24. The summed E-state index contributed by atoms with van der Waals surface area (Å²) < 4.78 is 6.55. The summed E-state index contributed by atoms with van der Waals surface area (Å²) in [5.41, 5.74) is 9.26. The van der Waals surface area contributed by atoms with Gasteiger partial charge < -0.3 is 4.42 Å². The Morgan fingerprint density at radius 1 is 0.667 bits per heavy atom. The molecule has 0 radical (unpaired) electrons. The van der Waals surface area contributed by atoms with Crippen LogP contribution in [0.25, 0.3) is 55.0 Å². The maximum atomic E-state index is 6.77. The number of fused-ring (bicyclic) bond motifs is 7. The first kappa shape index (κ1) is 19.0. The van der Waals surface area contributed by atoms with Crippen LogP contribution in [0.5, 0.6) is 0 Å². The molecule has 6 aromatic rings. The molecule has 0 N–H and O–H groups in total. The summed E-state index contributed by atoms with van der Waals surface area (Å²) >= 11 is 6.77. The lowest BCUT2D eigenvalue weighted by Crippen LogP contribution is -2.16. The monoisotopic (exact) mass is 444 g/mol. The summed E-state index contributed by atoms with van der Waals surface area (Å²) in [6, 6.07) is 32.2. The van der Waals surface area contributed by atoms with Gasteiger partial charge in [0.05, 0.1) is 5.02 Å². The third kappa shape index (κ3) is 2.49. The van der Waals surface area contributed by atoms with Gasteiger partial charge >= 0.3 is 0 Å². The van der Waals surface area contributed by atoms with Crippen molar-refractivity contribution in [2.45, 2.75) is 19.3 Å². The third-order valence-corrected chi connectivity index (χ3v) is 7.62. The molecular weight excluding hydrogens is 424 g/mol. The molecule has 7 rings (SSSR count). The molecule has 1 aliphatic rings. The first-order valence-corrected chi connectivity index (χ1v) is 11.7. The van der Waals surface area contributed by atoms with Crippen LogP contribution in [0.4, 0.5) is 0 Å². The number of benzene rings is 5. The Morgan fingerprint density at radius 2 is 1.33 bits per heavy atom. The Balaban J connectivity index is 1.58. The van der Waals surface area contributed by atoms with Crippen molar-refractivity contribution in [2.75, 3.05) is 0 Å². The molecule has 2 heteroatoms.